The molecule has 0 atom stereocenters. The maximum absolute atomic E-state index is 11.6. The SMILES string of the molecule is Cc1ccnc(-c2ccc(Nc3ccc(S(C)(=O)=O)cc3[N+](=O)[O-])cc2)n1. The molecule has 1 N–H and O–H groups in total. The lowest BCUT2D eigenvalue weighted by molar-refractivity contribution is -0.384. The van der Waals surface area contributed by atoms with Gasteiger partial charge in [0.2, 0.25) is 0 Å². The van der Waals surface area contributed by atoms with E-state index < -0.39 is 14.8 Å². The van der Waals surface area contributed by atoms with Crippen LogP contribution in [0.3, 0.4) is 0 Å². The van der Waals surface area contributed by atoms with Gasteiger partial charge < -0.3 is 5.32 Å². The number of aryl methyl sites for hydroxylation is 1. The molecule has 0 bridgehead atoms. The fourth-order valence-corrected chi connectivity index (χ4v) is 3.09. The Labute approximate surface area is 156 Å². The van der Waals surface area contributed by atoms with E-state index in [2.05, 4.69) is 15.3 Å². The van der Waals surface area contributed by atoms with Crippen LogP contribution in [-0.2, 0) is 9.84 Å². The van der Waals surface area contributed by atoms with Crippen LogP contribution in [0.4, 0.5) is 17.1 Å². The molecule has 2 aromatic carbocycles. The topological polar surface area (TPSA) is 115 Å². The van der Waals surface area contributed by atoms with E-state index in [4.69, 9.17) is 0 Å². The highest BCUT2D eigenvalue weighted by Gasteiger charge is 2.18. The van der Waals surface area contributed by atoms with E-state index >= 15 is 0 Å². The smallest absolute Gasteiger partial charge is 0.293 e. The third-order valence-corrected chi connectivity index (χ3v) is 4.92. The molecule has 0 aliphatic rings. The highest BCUT2D eigenvalue weighted by Crippen LogP contribution is 2.30. The predicted octanol–water partition coefficient (Wildman–Crippen LogP) is 3.51. The van der Waals surface area contributed by atoms with Crippen LogP contribution in [0.15, 0.2) is 59.6 Å². The average Bonchev–Trinajstić information content (AvgIpc) is 2.61. The zero-order valence-electron chi connectivity index (χ0n) is 14.6. The molecule has 3 aromatic rings. The Hall–Kier alpha value is -3.33. The van der Waals surface area contributed by atoms with Crippen molar-refractivity contribution in [2.45, 2.75) is 11.8 Å². The lowest BCUT2D eigenvalue weighted by Gasteiger charge is -2.09. The highest BCUT2D eigenvalue weighted by molar-refractivity contribution is 7.90. The van der Waals surface area contributed by atoms with Crippen molar-refractivity contribution >= 4 is 26.9 Å². The Morgan fingerprint density at radius 2 is 1.78 bits per heavy atom. The van der Waals surface area contributed by atoms with Crippen LogP contribution in [0.1, 0.15) is 5.69 Å². The summed E-state index contributed by atoms with van der Waals surface area (Å²) in [5, 5.41) is 14.3. The molecule has 0 saturated heterocycles. The second-order valence-corrected chi connectivity index (χ2v) is 7.95. The van der Waals surface area contributed by atoms with Gasteiger partial charge in [0.1, 0.15) is 5.69 Å². The lowest BCUT2D eigenvalue weighted by atomic mass is 10.2. The van der Waals surface area contributed by atoms with E-state index in [1.807, 2.05) is 6.92 Å². The normalized spacial score (nSPS) is 11.2. The first kappa shape index (κ1) is 18.5. The highest BCUT2D eigenvalue weighted by atomic mass is 32.2. The number of nitrogens with zero attached hydrogens (tertiary/aromatic N) is 3. The second-order valence-electron chi connectivity index (χ2n) is 5.93. The Kier molecular flexibility index (Phi) is 4.87. The third-order valence-electron chi connectivity index (χ3n) is 3.81. The van der Waals surface area contributed by atoms with Crippen LogP contribution in [0.2, 0.25) is 0 Å². The number of aromatic nitrogens is 2. The molecule has 0 amide bonds. The first-order chi connectivity index (χ1) is 12.7. The molecular weight excluding hydrogens is 368 g/mol. The first-order valence-corrected chi connectivity index (χ1v) is 9.79. The third kappa shape index (κ3) is 4.26. The number of hydrogen-bond donors (Lipinski definition) is 1. The summed E-state index contributed by atoms with van der Waals surface area (Å²) < 4.78 is 23.2. The zero-order valence-corrected chi connectivity index (χ0v) is 15.4. The molecule has 1 aromatic heterocycles. The van der Waals surface area contributed by atoms with Crippen molar-refractivity contribution in [3.05, 3.63) is 70.5 Å². The molecule has 0 unspecified atom stereocenters. The summed E-state index contributed by atoms with van der Waals surface area (Å²) in [6.45, 7) is 1.88. The number of anilines is 2. The van der Waals surface area contributed by atoms with Gasteiger partial charge in [0.25, 0.3) is 5.69 Å². The van der Waals surface area contributed by atoms with Crippen LogP contribution in [0, 0.1) is 17.0 Å². The molecule has 3 rings (SSSR count). The minimum Gasteiger partial charge on any atom is -0.350 e. The monoisotopic (exact) mass is 384 g/mol. The fourth-order valence-electron chi connectivity index (χ4n) is 2.44. The van der Waals surface area contributed by atoms with E-state index in [0.29, 0.717) is 11.5 Å². The van der Waals surface area contributed by atoms with Crippen LogP contribution in [0.5, 0.6) is 0 Å². The Morgan fingerprint density at radius 1 is 1.07 bits per heavy atom. The Bertz CT molecular complexity index is 1110. The number of benzene rings is 2. The maximum atomic E-state index is 11.6. The molecule has 0 spiro atoms. The predicted molar refractivity (Wildman–Crippen MR) is 102 cm³/mol. The number of hydrogen-bond acceptors (Lipinski definition) is 7. The largest absolute Gasteiger partial charge is 0.350 e. The summed E-state index contributed by atoms with van der Waals surface area (Å²) in [7, 11) is -3.53. The van der Waals surface area contributed by atoms with Crippen molar-refractivity contribution in [3.8, 4) is 11.4 Å². The number of rotatable bonds is 5. The zero-order chi connectivity index (χ0) is 19.6. The van der Waals surface area contributed by atoms with Gasteiger partial charge in [0.15, 0.2) is 15.7 Å². The van der Waals surface area contributed by atoms with Crippen LogP contribution < -0.4 is 5.32 Å². The number of nitrogens with one attached hydrogen (secondary N) is 1. The van der Waals surface area contributed by atoms with Gasteiger partial charge in [-0.25, -0.2) is 18.4 Å². The maximum Gasteiger partial charge on any atom is 0.293 e. The number of sulfone groups is 1. The van der Waals surface area contributed by atoms with E-state index in [1.54, 1.807) is 36.5 Å². The van der Waals surface area contributed by atoms with Gasteiger partial charge in [-0.3, -0.25) is 10.1 Å². The van der Waals surface area contributed by atoms with E-state index in [1.165, 1.54) is 12.1 Å². The molecule has 9 heteroatoms. The Balaban J connectivity index is 1.90. The van der Waals surface area contributed by atoms with Crippen molar-refractivity contribution in [2.75, 3.05) is 11.6 Å². The summed E-state index contributed by atoms with van der Waals surface area (Å²) in [5.74, 6) is 0.588. The summed E-state index contributed by atoms with van der Waals surface area (Å²) in [6.07, 6.45) is 2.68. The standard InChI is InChI=1S/C18H16N4O4S/c1-12-9-10-19-18(20-12)13-3-5-14(6-4-13)21-16-8-7-15(27(2,25)26)11-17(16)22(23)24/h3-11,21H,1-2H3. The molecular formula is C18H16N4O4S. The van der Waals surface area contributed by atoms with E-state index in [-0.39, 0.29) is 16.3 Å². The van der Waals surface area contributed by atoms with Gasteiger partial charge in [-0.05, 0) is 49.4 Å². The van der Waals surface area contributed by atoms with Gasteiger partial charge in [-0.15, -0.1) is 0 Å². The van der Waals surface area contributed by atoms with Crippen LogP contribution in [-0.4, -0.2) is 29.6 Å². The average molecular weight is 384 g/mol. The van der Waals surface area contributed by atoms with Gasteiger partial charge in [0, 0.05) is 35.5 Å². The first-order valence-electron chi connectivity index (χ1n) is 7.89. The van der Waals surface area contributed by atoms with E-state index in [9.17, 15) is 18.5 Å². The number of nitro groups is 1. The van der Waals surface area contributed by atoms with Gasteiger partial charge in [-0.1, -0.05) is 0 Å². The molecule has 0 aliphatic heterocycles. The summed E-state index contributed by atoms with van der Waals surface area (Å²) >= 11 is 0. The van der Waals surface area contributed by atoms with Crippen LogP contribution >= 0.6 is 0 Å². The van der Waals surface area contributed by atoms with E-state index in [0.717, 1.165) is 23.6 Å². The molecule has 0 radical (unpaired) electrons. The summed E-state index contributed by atoms with van der Waals surface area (Å²) in [6, 6.07) is 12.7. The molecule has 138 valence electrons. The molecule has 1 heterocycles. The molecule has 27 heavy (non-hydrogen) atoms. The number of nitro benzene ring substituents is 1. The van der Waals surface area contributed by atoms with Crippen LogP contribution in [0.25, 0.3) is 11.4 Å². The minimum absolute atomic E-state index is 0.105. The molecule has 0 fully saturated rings. The van der Waals surface area contributed by atoms with Gasteiger partial charge in [0.05, 0.1) is 9.82 Å². The Morgan fingerprint density at radius 3 is 2.37 bits per heavy atom. The summed E-state index contributed by atoms with van der Waals surface area (Å²) in [4.78, 5) is 19.2. The van der Waals surface area contributed by atoms with Crippen molar-refractivity contribution in [2.24, 2.45) is 0 Å². The van der Waals surface area contributed by atoms with Gasteiger partial charge >= 0.3 is 0 Å². The molecule has 8 nitrogen and oxygen atoms in total. The van der Waals surface area contributed by atoms with Crippen molar-refractivity contribution in [1.82, 2.24) is 9.97 Å². The van der Waals surface area contributed by atoms with Crippen molar-refractivity contribution in [1.29, 1.82) is 0 Å². The van der Waals surface area contributed by atoms with Gasteiger partial charge in [-0.2, -0.15) is 0 Å². The fraction of sp³-hybridized carbons (Fsp3) is 0.111. The minimum atomic E-state index is -3.53. The quantitative estimate of drug-likeness (QED) is 0.528. The molecule has 0 aliphatic carbocycles. The van der Waals surface area contributed by atoms with Crippen molar-refractivity contribution in [3.63, 3.8) is 0 Å². The molecule has 0 saturated carbocycles. The summed E-state index contributed by atoms with van der Waals surface area (Å²) in [5.41, 5.74) is 2.16. The van der Waals surface area contributed by atoms with Crippen molar-refractivity contribution < 1.29 is 13.3 Å². The second kappa shape index (κ2) is 7.12. The lowest BCUT2D eigenvalue weighted by Crippen LogP contribution is -2.02.